The number of amides is 3. The van der Waals surface area contributed by atoms with E-state index in [0.717, 1.165) is 5.56 Å². The van der Waals surface area contributed by atoms with Gasteiger partial charge < -0.3 is 25.6 Å². The molecule has 0 bridgehead atoms. The number of anilines is 1. The fourth-order valence-electron chi connectivity index (χ4n) is 3.92. The summed E-state index contributed by atoms with van der Waals surface area (Å²) in [5, 5.41) is 2.63. The number of ether oxygens (including phenoxy) is 1. The molecule has 0 saturated carbocycles. The lowest BCUT2D eigenvalue weighted by Crippen LogP contribution is -2.55. The molecule has 0 aliphatic carbocycles. The van der Waals surface area contributed by atoms with E-state index in [9.17, 15) is 14.4 Å². The van der Waals surface area contributed by atoms with Crippen molar-refractivity contribution in [2.45, 2.75) is 39.3 Å². The fraction of sp³-hybridized carbons (Fsp3) is 0.400. The predicted molar refractivity (Wildman–Crippen MR) is 127 cm³/mol. The standard InChI is InChI=1S/C25H32N4O4/c1-18-7-6-10-22(19(18)2)28-13-15-29(16-14-28)24(31)21(11-12-23(26)30)27-25(32)33-17-20-8-4-3-5-9-20/h3-10,21H,11-17H2,1-2H3,(H2,26,30)(H,27,32)/t21-/m0/s1. The van der Waals surface area contributed by atoms with Gasteiger partial charge in [-0.05, 0) is 43.0 Å². The molecule has 33 heavy (non-hydrogen) atoms. The zero-order chi connectivity index (χ0) is 23.8. The van der Waals surface area contributed by atoms with Crippen LogP contribution in [0.5, 0.6) is 0 Å². The number of piperazine rings is 1. The molecule has 1 atom stereocenters. The summed E-state index contributed by atoms with van der Waals surface area (Å²) in [4.78, 5) is 40.8. The molecule has 2 aromatic carbocycles. The predicted octanol–water partition coefficient (Wildman–Crippen LogP) is 2.51. The van der Waals surface area contributed by atoms with Gasteiger partial charge in [0, 0.05) is 38.3 Å². The molecule has 8 heteroatoms. The number of nitrogens with two attached hydrogens (primary N) is 1. The summed E-state index contributed by atoms with van der Waals surface area (Å²) in [7, 11) is 0. The van der Waals surface area contributed by atoms with E-state index in [1.54, 1.807) is 4.90 Å². The van der Waals surface area contributed by atoms with Crippen molar-refractivity contribution in [1.82, 2.24) is 10.2 Å². The summed E-state index contributed by atoms with van der Waals surface area (Å²) in [6.07, 6.45) is -0.570. The number of carbonyl (C=O) groups is 3. The monoisotopic (exact) mass is 452 g/mol. The van der Waals surface area contributed by atoms with Gasteiger partial charge in [0.25, 0.3) is 0 Å². The van der Waals surface area contributed by atoms with Crippen LogP contribution in [0, 0.1) is 13.8 Å². The lowest BCUT2D eigenvalue weighted by atomic mass is 10.1. The minimum atomic E-state index is -0.868. The molecule has 8 nitrogen and oxygen atoms in total. The molecule has 1 aliphatic rings. The number of hydrogen-bond donors (Lipinski definition) is 2. The van der Waals surface area contributed by atoms with E-state index in [4.69, 9.17) is 10.5 Å². The maximum Gasteiger partial charge on any atom is 0.408 e. The zero-order valence-electron chi connectivity index (χ0n) is 19.3. The SMILES string of the molecule is Cc1cccc(N2CCN(C(=O)[C@H](CCC(N)=O)NC(=O)OCc3ccccc3)CC2)c1C. The van der Waals surface area contributed by atoms with E-state index in [1.807, 2.05) is 36.4 Å². The Hall–Kier alpha value is -3.55. The molecule has 2 aromatic rings. The summed E-state index contributed by atoms with van der Waals surface area (Å²) in [6.45, 7) is 6.73. The molecule has 3 rings (SSSR count). The third-order valence-corrected chi connectivity index (χ3v) is 5.99. The smallest absolute Gasteiger partial charge is 0.408 e. The number of primary amides is 1. The normalized spacial score (nSPS) is 14.5. The van der Waals surface area contributed by atoms with Crippen LogP contribution in [0.25, 0.3) is 0 Å². The van der Waals surface area contributed by atoms with E-state index in [1.165, 1.54) is 16.8 Å². The minimum absolute atomic E-state index is 0.00216. The average Bonchev–Trinajstić information content (AvgIpc) is 2.82. The molecule has 3 N–H and O–H groups in total. The van der Waals surface area contributed by atoms with Gasteiger partial charge in [0.05, 0.1) is 0 Å². The lowest BCUT2D eigenvalue weighted by Gasteiger charge is -2.38. The Balaban J connectivity index is 1.58. The highest BCUT2D eigenvalue weighted by Gasteiger charge is 2.29. The van der Waals surface area contributed by atoms with E-state index >= 15 is 0 Å². The topological polar surface area (TPSA) is 105 Å². The molecular formula is C25H32N4O4. The maximum absolute atomic E-state index is 13.2. The minimum Gasteiger partial charge on any atom is -0.445 e. The summed E-state index contributed by atoms with van der Waals surface area (Å²) >= 11 is 0. The van der Waals surface area contributed by atoms with Gasteiger partial charge in [0.2, 0.25) is 11.8 Å². The van der Waals surface area contributed by atoms with Crippen LogP contribution in [-0.2, 0) is 20.9 Å². The Morgan fingerprint density at radius 2 is 1.70 bits per heavy atom. The largest absolute Gasteiger partial charge is 0.445 e. The van der Waals surface area contributed by atoms with Gasteiger partial charge in [0.1, 0.15) is 12.6 Å². The highest BCUT2D eigenvalue weighted by molar-refractivity contribution is 5.86. The number of aryl methyl sites for hydroxylation is 1. The molecule has 3 amide bonds. The van der Waals surface area contributed by atoms with Crippen molar-refractivity contribution in [1.29, 1.82) is 0 Å². The molecule has 1 saturated heterocycles. The van der Waals surface area contributed by atoms with Gasteiger partial charge in [-0.3, -0.25) is 9.59 Å². The first-order valence-corrected chi connectivity index (χ1v) is 11.2. The number of rotatable bonds is 8. The van der Waals surface area contributed by atoms with Crippen LogP contribution in [0.4, 0.5) is 10.5 Å². The van der Waals surface area contributed by atoms with Crippen LogP contribution in [0.3, 0.4) is 0 Å². The molecule has 0 radical (unpaired) electrons. The van der Waals surface area contributed by atoms with Crippen molar-refractivity contribution in [3.05, 3.63) is 65.2 Å². The Morgan fingerprint density at radius 3 is 2.36 bits per heavy atom. The molecule has 0 spiro atoms. The summed E-state index contributed by atoms with van der Waals surface area (Å²) < 4.78 is 5.26. The van der Waals surface area contributed by atoms with Gasteiger partial charge in [-0.25, -0.2) is 4.79 Å². The van der Waals surface area contributed by atoms with Crippen molar-refractivity contribution in [2.24, 2.45) is 5.73 Å². The van der Waals surface area contributed by atoms with Crippen molar-refractivity contribution in [3.8, 4) is 0 Å². The van der Waals surface area contributed by atoms with Crippen molar-refractivity contribution >= 4 is 23.6 Å². The number of nitrogens with zero attached hydrogens (tertiary/aromatic N) is 2. The van der Waals surface area contributed by atoms with Crippen molar-refractivity contribution in [2.75, 3.05) is 31.1 Å². The van der Waals surface area contributed by atoms with Crippen LogP contribution in [-0.4, -0.2) is 55.0 Å². The molecule has 1 fully saturated rings. The molecule has 0 aromatic heterocycles. The Kier molecular flexibility index (Phi) is 8.29. The third-order valence-electron chi connectivity index (χ3n) is 5.99. The second-order valence-corrected chi connectivity index (χ2v) is 8.30. The number of benzene rings is 2. The molecule has 0 unspecified atom stereocenters. The number of alkyl carbamates (subject to hydrolysis) is 1. The molecule has 176 valence electrons. The Bertz CT molecular complexity index is 972. The van der Waals surface area contributed by atoms with Gasteiger partial charge >= 0.3 is 6.09 Å². The van der Waals surface area contributed by atoms with E-state index in [-0.39, 0.29) is 25.4 Å². The summed E-state index contributed by atoms with van der Waals surface area (Å²) in [6, 6.07) is 14.6. The number of hydrogen-bond acceptors (Lipinski definition) is 5. The fourth-order valence-corrected chi connectivity index (χ4v) is 3.92. The van der Waals surface area contributed by atoms with E-state index < -0.39 is 18.0 Å². The zero-order valence-corrected chi connectivity index (χ0v) is 19.3. The van der Waals surface area contributed by atoms with Crippen molar-refractivity contribution in [3.63, 3.8) is 0 Å². The lowest BCUT2D eigenvalue weighted by molar-refractivity contribution is -0.134. The highest BCUT2D eigenvalue weighted by Crippen LogP contribution is 2.24. The Labute approximate surface area is 194 Å². The highest BCUT2D eigenvalue weighted by atomic mass is 16.5. The maximum atomic E-state index is 13.2. The number of carbonyl (C=O) groups excluding carboxylic acids is 3. The molecular weight excluding hydrogens is 420 g/mol. The van der Waals surface area contributed by atoms with Gasteiger partial charge in [-0.1, -0.05) is 42.5 Å². The molecule has 1 aliphatic heterocycles. The first-order valence-electron chi connectivity index (χ1n) is 11.2. The Morgan fingerprint density at radius 1 is 1.00 bits per heavy atom. The van der Waals surface area contributed by atoms with Crippen LogP contribution >= 0.6 is 0 Å². The quantitative estimate of drug-likeness (QED) is 0.640. The van der Waals surface area contributed by atoms with Crippen LogP contribution in [0.2, 0.25) is 0 Å². The van der Waals surface area contributed by atoms with Crippen molar-refractivity contribution < 1.29 is 19.1 Å². The third kappa shape index (κ3) is 6.71. The first-order chi connectivity index (χ1) is 15.8. The summed E-state index contributed by atoms with van der Waals surface area (Å²) in [5.41, 5.74) is 9.77. The summed E-state index contributed by atoms with van der Waals surface area (Å²) in [5.74, 6) is -0.750. The molecule has 1 heterocycles. The van der Waals surface area contributed by atoms with Crippen LogP contribution < -0.4 is 16.0 Å². The van der Waals surface area contributed by atoms with E-state index in [2.05, 4.69) is 36.2 Å². The van der Waals surface area contributed by atoms with Crippen LogP contribution in [0.15, 0.2) is 48.5 Å². The van der Waals surface area contributed by atoms with Gasteiger partial charge in [-0.2, -0.15) is 0 Å². The second kappa shape index (κ2) is 11.4. The van der Waals surface area contributed by atoms with Gasteiger partial charge in [-0.15, -0.1) is 0 Å². The first kappa shape index (κ1) is 24.1. The second-order valence-electron chi connectivity index (χ2n) is 8.30. The van der Waals surface area contributed by atoms with E-state index in [0.29, 0.717) is 26.2 Å². The average molecular weight is 453 g/mol. The number of nitrogens with one attached hydrogen (secondary N) is 1. The van der Waals surface area contributed by atoms with Gasteiger partial charge in [0.15, 0.2) is 0 Å². The van der Waals surface area contributed by atoms with Crippen LogP contribution in [0.1, 0.15) is 29.5 Å².